The van der Waals surface area contributed by atoms with E-state index in [9.17, 15) is 0 Å². The molecular formula is C34H31BN2O2. The topological polar surface area (TPSA) is 44.2 Å². The Labute approximate surface area is 230 Å². The number of rotatable bonds is 5. The molecule has 0 spiro atoms. The number of benzene rings is 4. The van der Waals surface area contributed by atoms with Gasteiger partial charge in [-0.15, -0.1) is 0 Å². The number of nitrogens with zero attached hydrogens (tertiary/aromatic N) is 2. The van der Waals surface area contributed by atoms with Crippen molar-refractivity contribution in [3.05, 3.63) is 115 Å². The normalized spacial score (nSPS) is 15.8. The van der Waals surface area contributed by atoms with Crippen LogP contribution < -0.4 is 5.46 Å². The maximum atomic E-state index is 6.26. The van der Waals surface area contributed by atoms with Crippen molar-refractivity contribution < 1.29 is 9.31 Å². The Morgan fingerprint density at radius 2 is 0.897 bits per heavy atom. The average Bonchev–Trinajstić information content (AvgIpc) is 3.20. The lowest BCUT2D eigenvalue weighted by atomic mass is 9.79. The third kappa shape index (κ3) is 4.80. The van der Waals surface area contributed by atoms with Crippen LogP contribution in [0.5, 0.6) is 0 Å². The zero-order valence-corrected chi connectivity index (χ0v) is 22.8. The van der Waals surface area contributed by atoms with Crippen molar-refractivity contribution in [1.82, 2.24) is 9.97 Å². The monoisotopic (exact) mass is 510 g/mol. The van der Waals surface area contributed by atoms with Gasteiger partial charge in [0, 0.05) is 22.3 Å². The molecule has 1 aliphatic heterocycles. The standard InChI is InChI=1S/C34H31BN2O2/c1-33(2)34(3,4)39-35(38-33)28-22-20-27(21-23-28)32-36-30(25-16-10-6-11-17-25)29(24-14-8-5-9-15-24)31(37-32)26-18-12-7-13-19-26/h5-23H,1-4H3. The quantitative estimate of drug-likeness (QED) is 0.231. The summed E-state index contributed by atoms with van der Waals surface area (Å²) in [5, 5.41) is 0. The molecule has 4 nitrogen and oxygen atoms in total. The number of aromatic nitrogens is 2. The van der Waals surface area contributed by atoms with Gasteiger partial charge in [0.05, 0.1) is 22.6 Å². The van der Waals surface area contributed by atoms with Gasteiger partial charge in [-0.25, -0.2) is 9.97 Å². The van der Waals surface area contributed by atoms with Crippen LogP contribution in [0, 0.1) is 0 Å². The fraction of sp³-hybridized carbons (Fsp3) is 0.176. The summed E-state index contributed by atoms with van der Waals surface area (Å²) >= 11 is 0. The predicted octanol–water partition coefficient (Wildman–Crippen LogP) is 7.44. The van der Waals surface area contributed by atoms with E-state index >= 15 is 0 Å². The van der Waals surface area contributed by atoms with Gasteiger partial charge < -0.3 is 9.31 Å². The molecule has 0 bridgehead atoms. The molecule has 5 heteroatoms. The van der Waals surface area contributed by atoms with Crippen LogP contribution in [0.4, 0.5) is 0 Å². The number of hydrogen-bond donors (Lipinski definition) is 0. The highest BCUT2D eigenvalue weighted by atomic mass is 16.7. The van der Waals surface area contributed by atoms with Gasteiger partial charge in [-0.2, -0.15) is 0 Å². The summed E-state index contributed by atoms with van der Waals surface area (Å²) < 4.78 is 12.5. The van der Waals surface area contributed by atoms with Crippen LogP contribution in [-0.2, 0) is 9.31 Å². The van der Waals surface area contributed by atoms with Gasteiger partial charge in [0.15, 0.2) is 5.82 Å². The second-order valence-corrected chi connectivity index (χ2v) is 10.9. The zero-order chi connectivity index (χ0) is 27.0. The van der Waals surface area contributed by atoms with Crippen LogP contribution in [0.1, 0.15) is 27.7 Å². The zero-order valence-electron chi connectivity index (χ0n) is 22.8. The Hall–Kier alpha value is -4.06. The van der Waals surface area contributed by atoms with E-state index in [1.165, 1.54) is 0 Å². The summed E-state index contributed by atoms with van der Waals surface area (Å²) in [7, 11) is -0.412. The highest BCUT2D eigenvalue weighted by Gasteiger charge is 2.51. The molecule has 192 valence electrons. The van der Waals surface area contributed by atoms with Crippen molar-refractivity contribution in [3.63, 3.8) is 0 Å². The first-order valence-electron chi connectivity index (χ1n) is 13.4. The summed E-state index contributed by atoms with van der Waals surface area (Å²) in [6, 6.07) is 39.3. The molecular weight excluding hydrogens is 479 g/mol. The molecule has 0 atom stereocenters. The van der Waals surface area contributed by atoms with Crippen LogP contribution in [0.25, 0.3) is 45.0 Å². The van der Waals surface area contributed by atoms with E-state index in [0.29, 0.717) is 5.82 Å². The van der Waals surface area contributed by atoms with E-state index in [1.54, 1.807) is 0 Å². The molecule has 1 aromatic heterocycles. The first kappa shape index (κ1) is 25.2. The first-order chi connectivity index (χ1) is 18.8. The van der Waals surface area contributed by atoms with Crippen LogP contribution in [-0.4, -0.2) is 28.3 Å². The van der Waals surface area contributed by atoms with Gasteiger partial charge in [-0.3, -0.25) is 0 Å². The smallest absolute Gasteiger partial charge is 0.399 e. The molecule has 0 aliphatic carbocycles. The summed E-state index contributed by atoms with van der Waals surface area (Å²) in [6.07, 6.45) is 0. The number of hydrogen-bond acceptors (Lipinski definition) is 4. The third-order valence-corrected chi connectivity index (χ3v) is 7.76. The molecule has 6 rings (SSSR count). The minimum Gasteiger partial charge on any atom is -0.399 e. The van der Waals surface area contributed by atoms with Crippen molar-refractivity contribution in [1.29, 1.82) is 0 Å². The predicted molar refractivity (Wildman–Crippen MR) is 159 cm³/mol. The van der Waals surface area contributed by atoms with E-state index in [2.05, 4.69) is 100 Å². The van der Waals surface area contributed by atoms with Gasteiger partial charge in [0.1, 0.15) is 0 Å². The van der Waals surface area contributed by atoms with Crippen molar-refractivity contribution in [2.75, 3.05) is 0 Å². The summed E-state index contributed by atoms with van der Waals surface area (Å²) in [6.45, 7) is 8.28. The van der Waals surface area contributed by atoms with Crippen molar-refractivity contribution >= 4 is 12.6 Å². The lowest BCUT2D eigenvalue weighted by Gasteiger charge is -2.32. The second-order valence-electron chi connectivity index (χ2n) is 10.9. The average molecular weight is 510 g/mol. The molecule has 0 radical (unpaired) electrons. The minimum absolute atomic E-state index is 0.387. The van der Waals surface area contributed by atoms with E-state index in [1.807, 2.05) is 42.5 Å². The molecule has 39 heavy (non-hydrogen) atoms. The lowest BCUT2D eigenvalue weighted by Crippen LogP contribution is -2.41. The van der Waals surface area contributed by atoms with Gasteiger partial charge >= 0.3 is 7.12 Å². The van der Waals surface area contributed by atoms with Gasteiger partial charge in [-0.05, 0) is 38.7 Å². The molecule has 1 fully saturated rings. The highest BCUT2D eigenvalue weighted by molar-refractivity contribution is 6.62. The maximum Gasteiger partial charge on any atom is 0.494 e. The second kappa shape index (κ2) is 9.92. The van der Waals surface area contributed by atoms with Crippen LogP contribution in [0.15, 0.2) is 115 Å². The molecule has 0 N–H and O–H groups in total. The van der Waals surface area contributed by atoms with E-state index < -0.39 is 7.12 Å². The molecule has 0 unspecified atom stereocenters. The maximum absolute atomic E-state index is 6.26. The van der Waals surface area contributed by atoms with Gasteiger partial charge in [-0.1, -0.05) is 115 Å². The molecule has 2 heterocycles. The summed E-state index contributed by atoms with van der Waals surface area (Å²) in [4.78, 5) is 10.4. The molecule has 0 saturated carbocycles. The van der Waals surface area contributed by atoms with E-state index in [-0.39, 0.29) is 11.2 Å². The Balaban J connectivity index is 1.50. The Bertz CT molecular complexity index is 1510. The third-order valence-electron chi connectivity index (χ3n) is 7.76. The van der Waals surface area contributed by atoms with Crippen molar-refractivity contribution in [2.45, 2.75) is 38.9 Å². The fourth-order valence-corrected chi connectivity index (χ4v) is 4.85. The molecule has 0 amide bonds. The van der Waals surface area contributed by atoms with Gasteiger partial charge in [0.2, 0.25) is 0 Å². The van der Waals surface area contributed by atoms with Gasteiger partial charge in [0.25, 0.3) is 0 Å². The molecule has 5 aromatic rings. The van der Waals surface area contributed by atoms with Crippen molar-refractivity contribution in [2.24, 2.45) is 0 Å². The Kier molecular flexibility index (Phi) is 6.42. The Morgan fingerprint density at radius 1 is 0.487 bits per heavy atom. The molecule has 1 saturated heterocycles. The van der Waals surface area contributed by atoms with Crippen LogP contribution in [0.3, 0.4) is 0 Å². The first-order valence-corrected chi connectivity index (χ1v) is 13.4. The minimum atomic E-state index is -0.412. The highest BCUT2D eigenvalue weighted by Crippen LogP contribution is 2.40. The van der Waals surface area contributed by atoms with Crippen LogP contribution >= 0.6 is 0 Å². The molecule has 1 aliphatic rings. The molecule has 4 aromatic carbocycles. The summed E-state index contributed by atoms with van der Waals surface area (Å²) in [5.41, 5.74) is 7.14. The van der Waals surface area contributed by atoms with E-state index in [4.69, 9.17) is 19.3 Å². The largest absolute Gasteiger partial charge is 0.494 e. The lowest BCUT2D eigenvalue weighted by molar-refractivity contribution is 0.00578. The SMILES string of the molecule is CC1(C)OB(c2ccc(-c3nc(-c4ccccc4)c(-c4ccccc4)c(-c4ccccc4)n3)cc2)OC1(C)C. The van der Waals surface area contributed by atoms with Crippen LogP contribution in [0.2, 0.25) is 0 Å². The fourth-order valence-electron chi connectivity index (χ4n) is 4.85. The van der Waals surface area contributed by atoms with Crippen molar-refractivity contribution in [3.8, 4) is 45.0 Å². The Morgan fingerprint density at radius 3 is 1.33 bits per heavy atom. The van der Waals surface area contributed by atoms with E-state index in [0.717, 1.165) is 44.7 Å². The summed E-state index contributed by atoms with van der Waals surface area (Å²) in [5.74, 6) is 0.674.